The number of rotatable bonds is 7. The van der Waals surface area contributed by atoms with Gasteiger partial charge in [0.15, 0.2) is 0 Å². The van der Waals surface area contributed by atoms with E-state index >= 15 is 0 Å². The zero-order chi connectivity index (χ0) is 19.9. The first-order chi connectivity index (χ1) is 13.5. The van der Waals surface area contributed by atoms with Crippen molar-refractivity contribution in [1.29, 1.82) is 0 Å². The van der Waals surface area contributed by atoms with Gasteiger partial charge in [0, 0.05) is 30.8 Å². The van der Waals surface area contributed by atoms with Crippen LogP contribution in [0.5, 0.6) is 0 Å². The number of carbonyl (C=O) groups is 2. The number of carbonyl (C=O) groups excluding carboxylic acids is 2. The van der Waals surface area contributed by atoms with Crippen LogP contribution in [0.3, 0.4) is 0 Å². The van der Waals surface area contributed by atoms with Crippen molar-refractivity contribution in [2.45, 2.75) is 37.8 Å². The fraction of sp³-hybridized carbons (Fsp3) is 0.381. The maximum atomic E-state index is 13.2. The second-order valence-electron chi connectivity index (χ2n) is 7.08. The van der Waals surface area contributed by atoms with E-state index in [1.54, 1.807) is 18.3 Å². The predicted molar refractivity (Wildman–Crippen MR) is 102 cm³/mol. The minimum absolute atomic E-state index is 0.0297. The lowest BCUT2D eigenvalue weighted by Gasteiger charge is -2.16. The molecule has 28 heavy (non-hydrogen) atoms. The van der Waals surface area contributed by atoms with Gasteiger partial charge in [0.2, 0.25) is 11.8 Å². The lowest BCUT2D eigenvalue weighted by molar-refractivity contribution is -0.125. The van der Waals surface area contributed by atoms with Gasteiger partial charge in [-0.3, -0.25) is 14.6 Å². The highest BCUT2D eigenvalue weighted by Gasteiger charge is 2.37. The third-order valence-corrected chi connectivity index (χ3v) is 4.91. The Morgan fingerprint density at radius 2 is 2.04 bits per heavy atom. The van der Waals surface area contributed by atoms with E-state index in [0.717, 1.165) is 5.69 Å². The van der Waals surface area contributed by atoms with E-state index in [9.17, 15) is 19.1 Å². The largest absolute Gasteiger partial charge is 0.391 e. The van der Waals surface area contributed by atoms with Crippen molar-refractivity contribution in [2.75, 3.05) is 6.54 Å². The van der Waals surface area contributed by atoms with Crippen LogP contribution in [0.2, 0.25) is 0 Å². The molecule has 0 bridgehead atoms. The van der Waals surface area contributed by atoms with Crippen LogP contribution in [0, 0.1) is 11.7 Å². The van der Waals surface area contributed by atoms with E-state index in [0.29, 0.717) is 31.4 Å². The molecule has 2 aromatic rings. The molecule has 1 saturated carbocycles. The maximum Gasteiger partial charge on any atom is 0.224 e. The van der Waals surface area contributed by atoms with E-state index < -0.39 is 18.0 Å². The quantitative estimate of drug-likeness (QED) is 0.672. The molecule has 3 atom stereocenters. The molecule has 0 radical (unpaired) electrons. The van der Waals surface area contributed by atoms with Crippen LogP contribution in [0.1, 0.15) is 24.1 Å². The molecule has 3 N–H and O–H groups in total. The molecule has 0 unspecified atom stereocenters. The number of aromatic nitrogens is 1. The maximum absolute atomic E-state index is 13.2. The normalized spacial score (nSPS) is 21.3. The van der Waals surface area contributed by atoms with Crippen molar-refractivity contribution >= 4 is 11.8 Å². The lowest BCUT2D eigenvalue weighted by atomic mass is 10.1. The number of pyridine rings is 1. The molecule has 1 heterocycles. The van der Waals surface area contributed by atoms with Gasteiger partial charge < -0.3 is 15.7 Å². The molecular formula is C21H24FN3O3. The standard InChI is InChI=1S/C21H24FN3O3/c22-16-5-3-4-14(10-16)11-20(27)25-18-12-15(13-19(18)26)21(28)24-9-7-17-6-1-2-8-23-17/h1-6,8,10,15,18-19,26H,7,9,11-13H2,(H,24,28)(H,25,27)/t15-,18-,19-/m0/s1. The van der Waals surface area contributed by atoms with Gasteiger partial charge >= 0.3 is 0 Å². The number of nitrogens with one attached hydrogen (secondary N) is 2. The number of hydrogen-bond acceptors (Lipinski definition) is 4. The predicted octanol–water partition coefficient (Wildman–Crippen LogP) is 1.38. The van der Waals surface area contributed by atoms with Gasteiger partial charge in [-0.05, 0) is 42.7 Å². The van der Waals surface area contributed by atoms with Crippen LogP contribution < -0.4 is 10.6 Å². The van der Waals surface area contributed by atoms with Crippen LogP contribution in [0.4, 0.5) is 4.39 Å². The summed E-state index contributed by atoms with van der Waals surface area (Å²) >= 11 is 0. The minimum Gasteiger partial charge on any atom is -0.391 e. The lowest BCUT2D eigenvalue weighted by Crippen LogP contribution is -2.40. The molecule has 0 saturated heterocycles. The van der Waals surface area contributed by atoms with E-state index in [1.165, 1.54) is 12.1 Å². The molecule has 3 rings (SSSR count). The average Bonchev–Trinajstić information content (AvgIpc) is 3.03. The zero-order valence-electron chi connectivity index (χ0n) is 15.5. The number of hydrogen-bond donors (Lipinski definition) is 3. The summed E-state index contributed by atoms with van der Waals surface area (Å²) in [6.45, 7) is 0.471. The molecule has 1 aromatic carbocycles. The smallest absolute Gasteiger partial charge is 0.224 e. The number of amides is 2. The van der Waals surface area contributed by atoms with E-state index in [2.05, 4.69) is 15.6 Å². The van der Waals surface area contributed by atoms with Crippen molar-refractivity contribution in [3.8, 4) is 0 Å². The van der Waals surface area contributed by atoms with Crippen molar-refractivity contribution < 1.29 is 19.1 Å². The Morgan fingerprint density at radius 3 is 2.79 bits per heavy atom. The third kappa shape index (κ3) is 5.60. The van der Waals surface area contributed by atoms with Crippen LogP contribution in [0.25, 0.3) is 0 Å². The number of benzene rings is 1. The molecule has 2 amide bonds. The van der Waals surface area contributed by atoms with Crippen LogP contribution >= 0.6 is 0 Å². The Hall–Kier alpha value is -2.80. The summed E-state index contributed by atoms with van der Waals surface area (Å²) in [5.74, 6) is -1.17. The Balaban J connectivity index is 1.44. The molecule has 1 fully saturated rings. The zero-order valence-corrected chi connectivity index (χ0v) is 15.5. The highest BCUT2D eigenvalue weighted by atomic mass is 19.1. The molecule has 6 nitrogen and oxygen atoms in total. The Bertz CT molecular complexity index is 816. The van der Waals surface area contributed by atoms with Gasteiger partial charge in [-0.15, -0.1) is 0 Å². The number of aliphatic hydroxyl groups is 1. The molecule has 7 heteroatoms. The molecule has 1 aliphatic rings. The average molecular weight is 385 g/mol. The topological polar surface area (TPSA) is 91.3 Å². The summed E-state index contributed by atoms with van der Waals surface area (Å²) in [6.07, 6.45) is 2.29. The van der Waals surface area contributed by atoms with Gasteiger partial charge in [0.1, 0.15) is 5.82 Å². The summed E-state index contributed by atoms with van der Waals surface area (Å²) in [5.41, 5.74) is 1.46. The highest BCUT2D eigenvalue weighted by molar-refractivity contribution is 5.81. The van der Waals surface area contributed by atoms with Crippen molar-refractivity contribution in [3.63, 3.8) is 0 Å². The van der Waals surface area contributed by atoms with Crippen LogP contribution in [0.15, 0.2) is 48.7 Å². The van der Waals surface area contributed by atoms with Gasteiger partial charge in [-0.2, -0.15) is 0 Å². The van der Waals surface area contributed by atoms with Crippen molar-refractivity contribution in [2.24, 2.45) is 5.92 Å². The van der Waals surface area contributed by atoms with Crippen molar-refractivity contribution in [1.82, 2.24) is 15.6 Å². The fourth-order valence-corrected chi connectivity index (χ4v) is 3.48. The summed E-state index contributed by atoms with van der Waals surface area (Å²) in [4.78, 5) is 28.7. The van der Waals surface area contributed by atoms with Gasteiger partial charge in [-0.1, -0.05) is 18.2 Å². The van der Waals surface area contributed by atoms with Gasteiger partial charge in [-0.25, -0.2) is 4.39 Å². The summed E-state index contributed by atoms with van der Waals surface area (Å²) in [6, 6.07) is 11.0. The number of nitrogens with zero attached hydrogens (tertiary/aromatic N) is 1. The highest BCUT2D eigenvalue weighted by Crippen LogP contribution is 2.26. The monoisotopic (exact) mass is 385 g/mol. The van der Waals surface area contributed by atoms with Crippen molar-refractivity contribution in [3.05, 3.63) is 65.7 Å². The third-order valence-electron chi connectivity index (χ3n) is 4.91. The Labute approximate surface area is 163 Å². The van der Waals surface area contributed by atoms with E-state index in [4.69, 9.17) is 0 Å². The second kappa shape index (κ2) is 9.41. The molecule has 0 aliphatic heterocycles. The van der Waals surface area contributed by atoms with Gasteiger partial charge in [0.05, 0.1) is 18.6 Å². The summed E-state index contributed by atoms with van der Waals surface area (Å²) in [7, 11) is 0. The molecule has 148 valence electrons. The Morgan fingerprint density at radius 1 is 1.18 bits per heavy atom. The summed E-state index contributed by atoms with van der Waals surface area (Å²) in [5, 5.41) is 15.8. The fourth-order valence-electron chi connectivity index (χ4n) is 3.48. The first kappa shape index (κ1) is 19.9. The molecule has 0 spiro atoms. The first-order valence-corrected chi connectivity index (χ1v) is 9.41. The second-order valence-corrected chi connectivity index (χ2v) is 7.08. The molecule has 1 aromatic heterocycles. The Kier molecular flexibility index (Phi) is 6.71. The summed E-state index contributed by atoms with van der Waals surface area (Å²) < 4.78 is 13.2. The minimum atomic E-state index is -0.775. The first-order valence-electron chi connectivity index (χ1n) is 9.41. The van der Waals surface area contributed by atoms with Gasteiger partial charge in [0.25, 0.3) is 0 Å². The number of halogens is 1. The van der Waals surface area contributed by atoms with Crippen LogP contribution in [-0.4, -0.2) is 40.6 Å². The SMILES string of the molecule is O=C(Cc1cccc(F)c1)N[C@H]1C[C@H](C(=O)NCCc2ccccn2)C[C@@H]1O. The number of aliphatic hydroxyl groups excluding tert-OH is 1. The van der Waals surface area contributed by atoms with E-state index in [-0.39, 0.29) is 24.2 Å². The molecular weight excluding hydrogens is 361 g/mol. The van der Waals surface area contributed by atoms with Crippen LogP contribution in [-0.2, 0) is 22.4 Å². The van der Waals surface area contributed by atoms with E-state index in [1.807, 2.05) is 18.2 Å². The molecule has 1 aliphatic carbocycles.